The van der Waals surface area contributed by atoms with Gasteiger partial charge < -0.3 is 20.3 Å². The van der Waals surface area contributed by atoms with Crippen molar-refractivity contribution in [1.82, 2.24) is 14.8 Å². The van der Waals surface area contributed by atoms with Crippen LogP contribution in [0, 0.1) is 0 Å². The summed E-state index contributed by atoms with van der Waals surface area (Å²) in [5, 5.41) is 0. The minimum atomic E-state index is -0.457. The van der Waals surface area contributed by atoms with Crippen molar-refractivity contribution in [2.45, 2.75) is 6.10 Å². The highest BCUT2D eigenvalue weighted by molar-refractivity contribution is 5.93. The SMILES string of the molecule is CN(C)CC(=O)N1CCO[C@@H](c2cccc(-c3ccc(C(N)=O)cc3)n2)C1. The second kappa shape index (κ2) is 8.28. The maximum absolute atomic E-state index is 12.3. The molecule has 2 aromatic rings. The number of nitrogens with zero attached hydrogens (tertiary/aromatic N) is 3. The minimum absolute atomic E-state index is 0.0893. The van der Waals surface area contributed by atoms with Crippen molar-refractivity contribution < 1.29 is 14.3 Å². The van der Waals surface area contributed by atoms with E-state index in [0.717, 1.165) is 17.0 Å². The van der Waals surface area contributed by atoms with Crippen molar-refractivity contribution in [3.8, 4) is 11.3 Å². The van der Waals surface area contributed by atoms with E-state index in [1.165, 1.54) is 0 Å². The quantitative estimate of drug-likeness (QED) is 0.860. The highest BCUT2D eigenvalue weighted by Gasteiger charge is 2.26. The van der Waals surface area contributed by atoms with E-state index in [1.807, 2.05) is 54.2 Å². The Balaban J connectivity index is 1.76. The second-order valence-corrected chi connectivity index (χ2v) is 6.83. The van der Waals surface area contributed by atoms with E-state index in [0.29, 0.717) is 31.8 Å². The molecule has 27 heavy (non-hydrogen) atoms. The molecule has 1 aliphatic heterocycles. The van der Waals surface area contributed by atoms with Gasteiger partial charge in [-0.1, -0.05) is 18.2 Å². The zero-order valence-electron chi connectivity index (χ0n) is 15.6. The fourth-order valence-corrected chi connectivity index (χ4v) is 3.02. The summed E-state index contributed by atoms with van der Waals surface area (Å²) in [6.07, 6.45) is -0.255. The molecule has 1 aromatic carbocycles. The van der Waals surface area contributed by atoms with Gasteiger partial charge in [0.25, 0.3) is 0 Å². The van der Waals surface area contributed by atoms with E-state index in [1.54, 1.807) is 12.1 Å². The molecule has 0 saturated carbocycles. The van der Waals surface area contributed by atoms with Crippen molar-refractivity contribution in [3.05, 3.63) is 53.7 Å². The molecule has 2 heterocycles. The predicted octanol–water partition coefficient (Wildman–Crippen LogP) is 1.31. The Kier molecular flexibility index (Phi) is 5.83. The summed E-state index contributed by atoms with van der Waals surface area (Å²) >= 11 is 0. The van der Waals surface area contributed by atoms with Gasteiger partial charge in [0.1, 0.15) is 6.10 Å². The average molecular weight is 368 g/mol. The van der Waals surface area contributed by atoms with Crippen LogP contribution in [0.1, 0.15) is 22.2 Å². The summed E-state index contributed by atoms with van der Waals surface area (Å²) in [6, 6.07) is 12.7. The summed E-state index contributed by atoms with van der Waals surface area (Å²) < 4.78 is 5.86. The number of hydrogen-bond acceptors (Lipinski definition) is 5. The first-order chi connectivity index (χ1) is 12.9. The van der Waals surface area contributed by atoms with Crippen LogP contribution in [-0.2, 0) is 9.53 Å². The van der Waals surface area contributed by atoms with Crippen LogP contribution in [0.25, 0.3) is 11.3 Å². The van der Waals surface area contributed by atoms with Gasteiger partial charge in [0, 0.05) is 17.7 Å². The zero-order valence-corrected chi connectivity index (χ0v) is 15.6. The van der Waals surface area contributed by atoms with E-state index in [9.17, 15) is 9.59 Å². The van der Waals surface area contributed by atoms with Crippen LogP contribution >= 0.6 is 0 Å². The molecule has 0 unspecified atom stereocenters. The highest BCUT2D eigenvalue weighted by Crippen LogP contribution is 2.24. The topological polar surface area (TPSA) is 88.8 Å². The van der Waals surface area contributed by atoms with Gasteiger partial charge in [-0.25, -0.2) is 4.98 Å². The molecule has 1 atom stereocenters. The lowest BCUT2D eigenvalue weighted by Gasteiger charge is -2.33. The molecule has 1 fully saturated rings. The van der Waals surface area contributed by atoms with E-state index in [4.69, 9.17) is 15.5 Å². The molecule has 3 rings (SSSR count). The lowest BCUT2D eigenvalue weighted by atomic mass is 10.1. The first-order valence-corrected chi connectivity index (χ1v) is 8.85. The third kappa shape index (κ3) is 4.69. The maximum Gasteiger partial charge on any atom is 0.248 e. The van der Waals surface area contributed by atoms with Crippen LogP contribution in [-0.4, -0.2) is 66.9 Å². The Morgan fingerprint density at radius 2 is 1.96 bits per heavy atom. The highest BCUT2D eigenvalue weighted by atomic mass is 16.5. The van der Waals surface area contributed by atoms with Gasteiger partial charge >= 0.3 is 0 Å². The van der Waals surface area contributed by atoms with E-state index >= 15 is 0 Å². The number of rotatable bonds is 5. The van der Waals surface area contributed by atoms with Crippen molar-refractivity contribution in [2.24, 2.45) is 5.73 Å². The van der Waals surface area contributed by atoms with Crippen LogP contribution in [0.2, 0.25) is 0 Å². The first kappa shape index (κ1) is 19.0. The third-order valence-electron chi connectivity index (χ3n) is 4.44. The third-order valence-corrected chi connectivity index (χ3v) is 4.44. The largest absolute Gasteiger partial charge is 0.368 e. The number of primary amides is 1. The Bertz CT molecular complexity index is 820. The number of nitrogens with two attached hydrogens (primary N) is 1. The van der Waals surface area contributed by atoms with Gasteiger partial charge in [0.05, 0.1) is 31.1 Å². The molecular weight excluding hydrogens is 344 g/mol. The summed E-state index contributed by atoms with van der Waals surface area (Å²) in [7, 11) is 3.76. The van der Waals surface area contributed by atoms with Gasteiger partial charge in [0.2, 0.25) is 11.8 Å². The monoisotopic (exact) mass is 368 g/mol. The second-order valence-electron chi connectivity index (χ2n) is 6.83. The average Bonchev–Trinajstić information content (AvgIpc) is 2.68. The van der Waals surface area contributed by atoms with Crippen molar-refractivity contribution in [1.29, 1.82) is 0 Å². The number of carbonyl (C=O) groups is 2. The van der Waals surface area contributed by atoms with E-state index < -0.39 is 5.91 Å². The number of carbonyl (C=O) groups excluding carboxylic acids is 2. The molecule has 0 radical (unpaired) electrons. The normalized spacial score (nSPS) is 17.1. The number of aromatic nitrogens is 1. The van der Waals surface area contributed by atoms with E-state index in [2.05, 4.69) is 0 Å². The molecule has 1 saturated heterocycles. The van der Waals surface area contributed by atoms with Crippen LogP contribution < -0.4 is 5.73 Å². The smallest absolute Gasteiger partial charge is 0.248 e. The molecule has 0 bridgehead atoms. The standard InChI is InChI=1S/C20H24N4O3/c1-23(2)13-19(25)24-10-11-27-18(12-24)17-5-3-4-16(22-17)14-6-8-15(9-7-14)20(21)26/h3-9,18H,10-13H2,1-2H3,(H2,21,26)/t18-/m1/s1. The molecule has 7 nitrogen and oxygen atoms in total. The number of pyridine rings is 1. The Hall–Kier alpha value is -2.77. The van der Waals surface area contributed by atoms with Gasteiger partial charge in [-0.2, -0.15) is 0 Å². The zero-order chi connectivity index (χ0) is 19.4. The van der Waals surface area contributed by atoms with Gasteiger partial charge in [-0.3, -0.25) is 9.59 Å². The molecule has 7 heteroatoms. The van der Waals surface area contributed by atoms with Gasteiger partial charge in [0.15, 0.2) is 0 Å². The number of benzene rings is 1. The maximum atomic E-state index is 12.3. The first-order valence-electron chi connectivity index (χ1n) is 8.85. The van der Waals surface area contributed by atoms with Crippen LogP contribution in [0.3, 0.4) is 0 Å². The van der Waals surface area contributed by atoms with Crippen LogP contribution in [0.5, 0.6) is 0 Å². The lowest BCUT2D eigenvalue weighted by Crippen LogP contribution is -2.45. The fourth-order valence-electron chi connectivity index (χ4n) is 3.02. The Morgan fingerprint density at radius 3 is 2.63 bits per heavy atom. The van der Waals surface area contributed by atoms with Gasteiger partial charge in [-0.15, -0.1) is 0 Å². The number of hydrogen-bond donors (Lipinski definition) is 1. The summed E-state index contributed by atoms with van der Waals surface area (Å²) in [6.45, 7) is 1.95. The lowest BCUT2D eigenvalue weighted by molar-refractivity contribution is -0.139. The molecule has 2 N–H and O–H groups in total. The Labute approximate surface area is 158 Å². The van der Waals surface area contributed by atoms with Crippen LogP contribution in [0.4, 0.5) is 0 Å². The summed E-state index contributed by atoms with van der Waals surface area (Å²) in [4.78, 5) is 31.9. The van der Waals surface area contributed by atoms with E-state index in [-0.39, 0.29) is 12.0 Å². The van der Waals surface area contributed by atoms with Crippen molar-refractivity contribution >= 4 is 11.8 Å². The van der Waals surface area contributed by atoms with Crippen LogP contribution in [0.15, 0.2) is 42.5 Å². The number of ether oxygens (including phenoxy) is 1. The minimum Gasteiger partial charge on any atom is -0.368 e. The van der Waals surface area contributed by atoms with Crippen molar-refractivity contribution in [2.75, 3.05) is 40.3 Å². The number of amides is 2. The van der Waals surface area contributed by atoms with Gasteiger partial charge in [-0.05, 0) is 38.4 Å². The molecule has 1 aromatic heterocycles. The fraction of sp³-hybridized carbons (Fsp3) is 0.350. The molecule has 142 valence electrons. The molecule has 0 spiro atoms. The Morgan fingerprint density at radius 1 is 1.22 bits per heavy atom. The predicted molar refractivity (Wildman–Crippen MR) is 102 cm³/mol. The summed E-state index contributed by atoms with van der Waals surface area (Å²) in [5.41, 5.74) is 8.20. The molecule has 1 aliphatic rings. The molecular formula is C20H24N4O3. The summed E-state index contributed by atoms with van der Waals surface area (Å²) in [5.74, 6) is -0.368. The number of morpholine rings is 1. The number of likely N-dealkylation sites (N-methyl/N-ethyl adjacent to an activating group) is 1. The molecule has 2 amide bonds. The van der Waals surface area contributed by atoms with Crippen molar-refractivity contribution in [3.63, 3.8) is 0 Å². The molecule has 0 aliphatic carbocycles.